The van der Waals surface area contributed by atoms with Gasteiger partial charge in [-0.25, -0.2) is 0 Å². The molecule has 0 atom stereocenters. The van der Waals surface area contributed by atoms with Gasteiger partial charge in [0, 0.05) is 19.1 Å². The Bertz CT molecular complexity index is 1470. The molecule has 0 aliphatic rings. The molecule has 1 aromatic carbocycles. The van der Waals surface area contributed by atoms with Crippen LogP contribution in [0.25, 0.3) is 0 Å². The van der Waals surface area contributed by atoms with Crippen LogP contribution in [-0.2, 0) is 20.7 Å². The summed E-state index contributed by atoms with van der Waals surface area (Å²) in [5.74, 6) is 0.542. The van der Waals surface area contributed by atoms with Gasteiger partial charge in [-0.05, 0) is 55.2 Å². The third kappa shape index (κ3) is 5.54. The molecule has 4 aromatic rings. The topological polar surface area (TPSA) is 116 Å². The zero-order valence-corrected chi connectivity index (χ0v) is 22.3. The fourth-order valence-corrected chi connectivity index (χ4v) is 3.93. The third-order valence-electron chi connectivity index (χ3n) is 6.05. The monoisotopic (exact) mass is 524 g/mol. The molecular weight excluding hydrogens is 496 g/mol. The SMILES string of the molecule is Cc1cc(OCc2ccc(C(=O)Nc3cnn(C)c3C(=O)Nc3cnn(C)c3C)o2)c(C(C)C)cc1Cl. The maximum Gasteiger partial charge on any atom is 0.291 e. The maximum absolute atomic E-state index is 12.9. The number of benzene rings is 1. The van der Waals surface area contributed by atoms with Gasteiger partial charge in [0.1, 0.15) is 23.8 Å². The van der Waals surface area contributed by atoms with Gasteiger partial charge < -0.3 is 19.8 Å². The van der Waals surface area contributed by atoms with Crippen molar-refractivity contribution in [2.75, 3.05) is 10.6 Å². The smallest absolute Gasteiger partial charge is 0.291 e. The Balaban J connectivity index is 1.45. The highest BCUT2D eigenvalue weighted by Crippen LogP contribution is 2.32. The molecule has 0 saturated carbocycles. The average Bonchev–Trinajstić information content (AvgIpc) is 3.55. The lowest BCUT2D eigenvalue weighted by molar-refractivity contribution is 0.0992. The summed E-state index contributed by atoms with van der Waals surface area (Å²) >= 11 is 6.28. The molecule has 0 unspecified atom stereocenters. The van der Waals surface area contributed by atoms with Gasteiger partial charge in [-0.3, -0.25) is 19.0 Å². The van der Waals surface area contributed by atoms with Crippen LogP contribution in [0.15, 0.2) is 41.1 Å². The molecule has 0 spiro atoms. The van der Waals surface area contributed by atoms with Crippen LogP contribution in [0.2, 0.25) is 5.02 Å². The summed E-state index contributed by atoms with van der Waals surface area (Å²) in [7, 11) is 3.40. The van der Waals surface area contributed by atoms with Crippen LogP contribution in [-0.4, -0.2) is 31.4 Å². The van der Waals surface area contributed by atoms with Crippen molar-refractivity contribution >= 4 is 34.8 Å². The first-order chi connectivity index (χ1) is 17.5. The molecule has 0 aliphatic heterocycles. The van der Waals surface area contributed by atoms with Gasteiger partial charge in [-0.2, -0.15) is 10.2 Å². The van der Waals surface area contributed by atoms with Gasteiger partial charge in [0.05, 0.1) is 29.5 Å². The van der Waals surface area contributed by atoms with E-state index in [1.807, 2.05) is 26.0 Å². The molecule has 10 nitrogen and oxygen atoms in total. The number of rotatable bonds is 8. The number of anilines is 2. The number of aromatic nitrogens is 4. The maximum atomic E-state index is 12.9. The molecule has 0 aliphatic carbocycles. The fraction of sp³-hybridized carbons (Fsp3) is 0.308. The van der Waals surface area contributed by atoms with E-state index >= 15 is 0 Å². The molecular formula is C26H29ClN6O4. The number of nitrogens with one attached hydrogen (secondary N) is 2. The van der Waals surface area contributed by atoms with E-state index in [0.29, 0.717) is 22.2 Å². The van der Waals surface area contributed by atoms with Crippen LogP contribution >= 0.6 is 11.6 Å². The number of ether oxygens (including phenoxy) is 1. The number of hydrogen-bond donors (Lipinski definition) is 2. The number of aryl methyl sites for hydroxylation is 3. The minimum absolute atomic E-state index is 0.0771. The fourth-order valence-electron chi connectivity index (χ4n) is 3.76. The van der Waals surface area contributed by atoms with Gasteiger partial charge in [0.2, 0.25) is 0 Å². The van der Waals surface area contributed by atoms with Crippen LogP contribution in [0, 0.1) is 13.8 Å². The first-order valence-corrected chi connectivity index (χ1v) is 12.1. The second-order valence-electron chi connectivity index (χ2n) is 9.05. The molecule has 11 heteroatoms. The average molecular weight is 525 g/mol. The van der Waals surface area contributed by atoms with Crippen LogP contribution < -0.4 is 15.4 Å². The molecule has 2 N–H and O–H groups in total. The Kier molecular flexibility index (Phi) is 7.40. The van der Waals surface area contributed by atoms with Crippen molar-refractivity contribution in [2.45, 2.75) is 40.2 Å². The van der Waals surface area contributed by atoms with Crippen molar-refractivity contribution in [1.29, 1.82) is 0 Å². The molecule has 194 valence electrons. The standard InChI is InChI=1S/C26H29ClN6O4/c1-14(2)18-10-19(27)15(3)9-23(18)36-13-17-7-8-22(37-17)25(34)31-21-12-29-33(6)24(21)26(35)30-20-11-28-32(5)16(20)4/h7-12,14H,13H2,1-6H3,(H,30,35)(H,31,34). The number of hydrogen-bond acceptors (Lipinski definition) is 6. The first-order valence-electron chi connectivity index (χ1n) is 11.7. The predicted octanol–water partition coefficient (Wildman–Crippen LogP) is 5.22. The van der Waals surface area contributed by atoms with E-state index in [2.05, 4.69) is 34.7 Å². The summed E-state index contributed by atoms with van der Waals surface area (Å²) in [6, 6.07) is 7.04. The number of carbonyl (C=O) groups is 2. The molecule has 3 aromatic heterocycles. The highest BCUT2D eigenvalue weighted by molar-refractivity contribution is 6.31. The highest BCUT2D eigenvalue weighted by Gasteiger charge is 2.22. The summed E-state index contributed by atoms with van der Waals surface area (Å²) in [6.07, 6.45) is 2.97. The van der Waals surface area contributed by atoms with Crippen molar-refractivity contribution in [3.05, 3.63) is 75.7 Å². The molecule has 37 heavy (non-hydrogen) atoms. The largest absolute Gasteiger partial charge is 0.485 e. The molecule has 2 amide bonds. The Morgan fingerprint density at radius 2 is 1.70 bits per heavy atom. The van der Waals surface area contributed by atoms with Gasteiger partial charge >= 0.3 is 0 Å². The third-order valence-corrected chi connectivity index (χ3v) is 6.46. The van der Waals surface area contributed by atoms with E-state index in [4.69, 9.17) is 20.8 Å². The lowest BCUT2D eigenvalue weighted by atomic mass is 10.0. The number of carbonyl (C=O) groups excluding carboxylic acids is 2. The van der Waals surface area contributed by atoms with E-state index in [1.165, 1.54) is 10.9 Å². The van der Waals surface area contributed by atoms with Crippen LogP contribution in [0.4, 0.5) is 11.4 Å². The molecule has 0 saturated heterocycles. The van der Waals surface area contributed by atoms with Gasteiger partial charge in [0.15, 0.2) is 5.76 Å². The molecule has 0 radical (unpaired) electrons. The summed E-state index contributed by atoms with van der Waals surface area (Å²) in [4.78, 5) is 25.8. The van der Waals surface area contributed by atoms with Crippen molar-refractivity contribution in [1.82, 2.24) is 19.6 Å². The Hall–Kier alpha value is -4.05. The summed E-state index contributed by atoms with van der Waals surface area (Å²) in [5.41, 5.74) is 3.70. The normalized spacial score (nSPS) is 11.1. The van der Waals surface area contributed by atoms with Gasteiger partial charge in [0.25, 0.3) is 11.8 Å². The zero-order chi connectivity index (χ0) is 26.9. The van der Waals surface area contributed by atoms with Crippen LogP contribution in [0.5, 0.6) is 5.75 Å². The van der Waals surface area contributed by atoms with Crippen molar-refractivity contribution < 1.29 is 18.7 Å². The second kappa shape index (κ2) is 10.5. The van der Waals surface area contributed by atoms with E-state index in [9.17, 15) is 9.59 Å². The number of halogens is 1. The minimum Gasteiger partial charge on any atom is -0.485 e. The van der Waals surface area contributed by atoms with Crippen LogP contribution in [0.3, 0.4) is 0 Å². The number of nitrogens with zero attached hydrogens (tertiary/aromatic N) is 4. The molecule has 0 fully saturated rings. The predicted molar refractivity (Wildman–Crippen MR) is 140 cm³/mol. The molecule has 4 rings (SSSR count). The van der Waals surface area contributed by atoms with E-state index in [-0.39, 0.29) is 29.7 Å². The minimum atomic E-state index is -0.518. The van der Waals surface area contributed by atoms with Gasteiger partial charge in [-0.1, -0.05) is 25.4 Å². The second-order valence-corrected chi connectivity index (χ2v) is 9.46. The quantitative estimate of drug-likeness (QED) is 0.326. The van der Waals surface area contributed by atoms with E-state index in [0.717, 1.165) is 16.8 Å². The Morgan fingerprint density at radius 1 is 1.03 bits per heavy atom. The Labute approximate surface area is 219 Å². The molecule has 3 heterocycles. The number of furan rings is 1. The van der Waals surface area contributed by atoms with Gasteiger partial charge in [-0.15, -0.1) is 0 Å². The highest BCUT2D eigenvalue weighted by atomic mass is 35.5. The Morgan fingerprint density at radius 3 is 2.38 bits per heavy atom. The lowest BCUT2D eigenvalue weighted by Crippen LogP contribution is -2.20. The zero-order valence-electron chi connectivity index (χ0n) is 21.5. The summed E-state index contributed by atoms with van der Waals surface area (Å²) in [5, 5.41) is 14.4. The van der Waals surface area contributed by atoms with Crippen molar-refractivity contribution in [2.24, 2.45) is 14.1 Å². The van der Waals surface area contributed by atoms with E-state index in [1.54, 1.807) is 37.1 Å². The van der Waals surface area contributed by atoms with Crippen molar-refractivity contribution in [3.8, 4) is 5.75 Å². The number of amides is 2. The lowest BCUT2D eigenvalue weighted by Gasteiger charge is -2.15. The summed E-state index contributed by atoms with van der Waals surface area (Å²) in [6.45, 7) is 8.02. The molecule has 0 bridgehead atoms. The van der Waals surface area contributed by atoms with E-state index < -0.39 is 11.8 Å². The van der Waals surface area contributed by atoms with Crippen LogP contribution in [0.1, 0.15) is 63.4 Å². The first kappa shape index (κ1) is 26.0. The summed E-state index contributed by atoms with van der Waals surface area (Å²) < 4.78 is 14.7. The van der Waals surface area contributed by atoms with Crippen molar-refractivity contribution in [3.63, 3.8) is 0 Å².